The van der Waals surface area contributed by atoms with Gasteiger partial charge in [-0.2, -0.15) is 0 Å². The lowest BCUT2D eigenvalue weighted by Gasteiger charge is -2.34. The normalized spacial score (nSPS) is 24.4. The molecule has 1 heterocycles. The van der Waals surface area contributed by atoms with Crippen LogP contribution >= 0.6 is 0 Å². The third-order valence-electron chi connectivity index (χ3n) is 4.80. The van der Waals surface area contributed by atoms with Gasteiger partial charge in [0.15, 0.2) is 0 Å². The first-order valence-corrected chi connectivity index (χ1v) is 7.93. The van der Waals surface area contributed by atoms with Gasteiger partial charge in [0.25, 0.3) is 0 Å². The smallest absolute Gasteiger partial charge is 0.212 e. The van der Waals surface area contributed by atoms with Gasteiger partial charge in [-0.1, -0.05) is 32.3 Å². The average Bonchev–Trinajstić information content (AvgIpc) is 2.53. The standard InChI is InChI=1S/C17H28N2O/c1-4-13-6-5-7-15(10-13)16(18-2)11-14-8-9-17(20-3)19-12-14/h8-9,12-13,15-16,18H,4-7,10-11H2,1-3H3. The summed E-state index contributed by atoms with van der Waals surface area (Å²) in [6.07, 6.45) is 9.90. The van der Waals surface area contributed by atoms with E-state index in [-0.39, 0.29) is 0 Å². The molecule has 3 heteroatoms. The zero-order valence-electron chi connectivity index (χ0n) is 13.1. The lowest BCUT2D eigenvalue weighted by Crippen LogP contribution is -2.38. The second-order valence-electron chi connectivity index (χ2n) is 6.01. The van der Waals surface area contributed by atoms with E-state index in [4.69, 9.17) is 4.74 Å². The molecule has 1 aliphatic carbocycles. The first-order chi connectivity index (χ1) is 9.76. The predicted molar refractivity (Wildman–Crippen MR) is 83.1 cm³/mol. The average molecular weight is 276 g/mol. The highest BCUT2D eigenvalue weighted by atomic mass is 16.5. The quantitative estimate of drug-likeness (QED) is 0.864. The van der Waals surface area contributed by atoms with Gasteiger partial charge in [0.2, 0.25) is 5.88 Å². The molecule has 112 valence electrons. The Morgan fingerprint density at radius 3 is 2.85 bits per heavy atom. The number of nitrogens with zero attached hydrogens (tertiary/aromatic N) is 1. The minimum absolute atomic E-state index is 0.569. The van der Waals surface area contributed by atoms with Gasteiger partial charge < -0.3 is 10.1 Å². The van der Waals surface area contributed by atoms with Crippen molar-refractivity contribution in [2.45, 2.75) is 51.5 Å². The molecule has 0 aromatic carbocycles. The molecule has 1 aromatic rings. The minimum Gasteiger partial charge on any atom is -0.481 e. The zero-order valence-corrected chi connectivity index (χ0v) is 13.1. The maximum absolute atomic E-state index is 5.12. The SMILES string of the molecule is CCC1CCCC(C(Cc2ccc(OC)nc2)NC)C1. The van der Waals surface area contributed by atoms with Crippen molar-refractivity contribution in [3.8, 4) is 5.88 Å². The van der Waals surface area contributed by atoms with Gasteiger partial charge in [-0.05, 0) is 43.7 Å². The monoisotopic (exact) mass is 276 g/mol. The Morgan fingerprint density at radius 2 is 2.25 bits per heavy atom. The number of methoxy groups -OCH3 is 1. The molecule has 1 saturated carbocycles. The molecule has 0 aliphatic heterocycles. The van der Waals surface area contributed by atoms with Gasteiger partial charge >= 0.3 is 0 Å². The van der Waals surface area contributed by atoms with Crippen molar-refractivity contribution in [1.82, 2.24) is 10.3 Å². The fourth-order valence-electron chi connectivity index (χ4n) is 3.48. The van der Waals surface area contributed by atoms with Crippen LogP contribution in [0.3, 0.4) is 0 Å². The Hall–Kier alpha value is -1.09. The highest BCUT2D eigenvalue weighted by molar-refractivity contribution is 5.18. The Morgan fingerprint density at radius 1 is 1.40 bits per heavy atom. The van der Waals surface area contributed by atoms with Gasteiger partial charge in [0, 0.05) is 18.3 Å². The van der Waals surface area contributed by atoms with Crippen molar-refractivity contribution in [2.24, 2.45) is 11.8 Å². The molecule has 0 radical (unpaired) electrons. The van der Waals surface area contributed by atoms with E-state index < -0.39 is 0 Å². The molecule has 1 N–H and O–H groups in total. The molecule has 0 bridgehead atoms. The van der Waals surface area contributed by atoms with E-state index in [0.29, 0.717) is 11.9 Å². The van der Waals surface area contributed by atoms with Crippen LogP contribution < -0.4 is 10.1 Å². The van der Waals surface area contributed by atoms with Crippen LogP contribution in [0.25, 0.3) is 0 Å². The Labute approximate surface area is 123 Å². The Bertz CT molecular complexity index is 390. The van der Waals surface area contributed by atoms with Crippen molar-refractivity contribution in [3.05, 3.63) is 23.9 Å². The molecule has 1 aliphatic rings. The summed E-state index contributed by atoms with van der Waals surface area (Å²) in [4.78, 5) is 4.31. The topological polar surface area (TPSA) is 34.1 Å². The van der Waals surface area contributed by atoms with Crippen LogP contribution in [-0.4, -0.2) is 25.2 Å². The summed E-state index contributed by atoms with van der Waals surface area (Å²) in [7, 11) is 3.75. The molecule has 3 atom stereocenters. The Kier molecular flexibility index (Phi) is 5.84. The van der Waals surface area contributed by atoms with E-state index in [0.717, 1.165) is 18.3 Å². The van der Waals surface area contributed by atoms with Crippen LogP contribution in [0.5, 0.6) is 5.88 Å². The lowest BCUT2D eigenvalue weighted by atomic mass is 9.75. The maximum Gasteiger partial charge on any atom is 0.212 e. The summed E-state index contributed by atoms with van der Waals surface area (Å²) in [5.74, 6) is 2.43. The van der Waals surface area contributed by atoms with Crippen molar-refractivity contribution < 1.29 is 4.74 Å². The number of ether oxygens (including phenoxy) is 1. The van der Waals surface area contributed by atoms with Crippen LogP contribution in [0.15, 0.2) is 18.3 Å². The molecule has 20 heavy (non-hydrogen) atoms. The van der Waals surface area contributed by atoms with E-state index >= 15 is 0 Å². The van der Waals surface area contributed by atoms with Crippen LogP contribution in [0.2, 0.25) is 0 Å². The molecule has 3 unspecified atom stereocenters. The first-order valence-electron chi connectivity index (χ1n) is 7.93. The van der Waals surface area contributed by atoms with Crippen molar-refractivity contribution in [2.75, 3.05) is 14.2 Å². The summed E-state index contributed by atoms with van der Waals surface area (Å²) in [5, 5.41) is 3.53. The van der Waals surface area contributed by atoms with E-state index in [1.807, 2.05) is 12.3 Å². The fraction of sp³-hybridized carbons (Fsp3) is 0.706. The van der Waals surface area contributed by atoms with Crippen LogP contribution in [-0.2, 0) is 6.42 Å². The van der Waals surface area contributed by atoms with Gasteiger partial charge in [0.05, 0.1) is 7.11 Å². The van der Waals surface area contributed by atoms with Crippen molar-refractivity contribution in [1.29, 1.82) is 0 Å². The summed E-state index contributed by atoms with van der Waals surface area (Å²) < 4.78 is 5.12. The lowest BCUT2D eigenvalue weighted by molar-refractivity contribution is 0.212. The third kappa shape index (κ3) is 3.95. The van der Waals surface area contributed by atoms with E-state index in [1.54, 1.807) is 7.11 Å². The molecule has 1 fully saturated rings. The molecular formula is C17H28N2O. The summed E-state index contributed by atoms with van der Waals surface area (Å²) in [6.45, 7) is 2.33. The van der Waals surface area contributed by atoms with Crippen LogP contribution in [0.4, 0.5) is 0 Å². The van der Waals surface area contributed by atoms with Gasteiger partial charge in [-0.15, -0.1) is 0 Å². The van der Waals surface area contributed by atoms with E-state index in [2.05, 4.69) is 30.3 Å². The van der Waals surface area contributed by atoms with Crippen molar-refractivity contribution >= 4 is 0 Å². The maximum atomic E-state index is 5.12. The number of hydrogen-bond acceptors (Lipinski definition) is 3. The second kappa shape index (κ2) is 7.63. The highest BCUT2D eigenvalue weighted by Gasteiger charge is 2.26. The summed E-state index contributed by atoms with van der Waals surface area (Å²) in [6, 6.07) is 4.66. The van der Waals surface area contributed by atoms with E-state index in [1.165, 1.54) is 37.7 Å². The number of nitrogens with one attached hydrogen (secondary N) is 1. The second-order valence-corrected chi connectivity index (χ2v) is 6.01. The van der Waals surface area contributed by atoms with Gasteiger partial charge in [0.1, 0.15) is 0 Å². The third-order valence-corrected chi connectivity index (χ3v) is 4.80. The number of aromatic nitrogens is 1. The fourth-order valence-corrected chi connectivity index (χ4v) is 3.48. The van der Waals surface area contributed by atoms with Crippen molar-refractivity contribution in [3.63, 3.8) is 0 Å². The number of rotatable bonds is 6. The summed E-state index contributed by atoms with van der Waals surface area (Å²) >= 11 is 0. The number of hydrogen-bond donors (Lipinski definition) is 1. The molecule has 0 saturated heterocycles. The molecule has 1 aromatic heterocycles. The largest absolute Gasteiger partial charge is 0.481 e. The highest BCUT2D eigenvalue weighted by Crippen LogP contribution is 2.33. The molecule has 0 amide bonds. The first kappa shape index (κ1) is 15.3. The van der Waals surface area contributed by atoms with Crippen LogP contribution in [0.1, 0.15) is 44.6 Å². The molecular weight excluding hydrogens is 248 g/mol. The molecule has 2 rings (SSSR count). The zero-order chi connectivity index (χ0) is 14.4. The predicted octanol–water partition coefficient (Wildman–Crippen LogP) is 3.44. The number of pyridine rings is 1. The van der Waals surface area contributed by atoms with E-state index in [9.17, 15) is 0 Å². The Balaban J connectivity index is 1.96. The summed E-state index contributed by atoms with van der Waals surface area (Å²) in [5.41, 5.74) is 1.30. The van der Waals surface area contributed by atoms with Crippen LogP contribution in [0, 0.1) is 11.8 Å². The number of likely N-dealkylation sites (N-methyl/N-ethyl adjacent to an activating group) is 1. The molecule has 3 nitrogen and oxygen atoms in total. The minimum atomic E-state index is 0.569. The van der Waals surface area contributed by atoms with Gasteiger partial charge in [-0.25, -0.2) is 4.98 Å². The molecule has 0 spiro atoms. The van der Waals surface area contributed by atoms with Gasteiger partial charge in [-0.3, -0.25) is 0 Å².